The van der Waals surface area contributed by atoms with Gasteiger partial charge in [0, 0.05) is 12.5 Å². The normalized spacial score (nSPS) is 10.8. The van der Waals surface area contributed by atoms with E-state index in [2.05, 4.69) is 0 Å². The highest BCUT2D eigenvalue weighted by Crippen LogP contribution is 2.24. The second-order valence-corrected chi connectivity index (χ2v) is 5.74. The number of para-hydroxylation sites is 1. The second kappa shape index (κ2) is 6.12. The van der Waals surface area contributed by atoms with E-state index < -0.39 is 20.4 Å². The van der Waals surface area contributed by atoms with Crippen molar-refractivity contribution in [2.75, 3.05) is 5.75 Å². The molecule has 6 nitrogen and oxygen atoms in total. The predicted molar refractivity (Wildman–Crippen MR) is 64.6 cm³/mol. The first-order chi connectivity index (χ1) is 8.49. The predicted octanol–water partition coefficient (Wildman–Crippen LogP) is 2.06. The van der Waals surface area contributed by atoms with Crippen molar-refractivity contribution in [3.05, 3.63) is 34.4 Å². The smallest absolute Gasteiger partial charge is 0.258 e. The third kappa shape index (κ3) is 3.53. The minimum Gasteiger partial charge on any atom is -0.258 e. The Bertz CT molecular complexity index is 575. The Hall–Kier alpha value is -1.94. The monoisotopic (exact) mass is 268 g/mol. The number of nitriles is 1. The molecule has 0 aliphatic heterocycles. The Balaban J connectivity index is 2.92. The highest BCUT2D eigenvalue weighted by atomic mass is 32.2. The zero-order valence-corrected chi connectivity index (χ0v) is 10.4. The molecule has 0 N–H and O–H groups in total. The second-order valence-electron chi connectivity index (χ2n) is 3.66. The first-order valence-electron chi connectivity index (χ1n) is 5.32. The van der Waals surface area contributed by atoms with Gasteiger partial charge in [0.25, 0.3) is 5.69 Å². The van der Waals surface area contributed by atoms with Crippen LogP contribution >= 0.6 is 0 Å². The van der Waals surface area contributed by atoms with Crippen LogP contribution in [0.15, 0.2) is 29.2 Å². The van der Waals surface area contributed by atoms with Crippen molar-refractivity contribution in [2.45, 2.75) is 24.2 Å². The molecule has 0 saturated carbocycles. The van der Waals surface area contributed by atoms with Gasteiger partial charge in [-0.1, -0.05) is 12.1 Å². The van der Waals surface area contributed by atoms with Crippen LogP contribution in [0.1, 0.15) is 19.3 Å². The number of nitro groups is 1. The maximum absolute atomic E-state index is 11.9. The lowest BCUT2D eigenvalue weighted by Crippen LogP contribution is -2.09. The summed E-state index contributed by atoms with van der Waals surface area (Å²) in [4.78, 5) is 9.78. The summed E-state index contributed by atoms with van der Waals surface area (Å²) >= 11 is 0. The van der Waals surface area contributed by atoms with E-state index in [1.165, 1.54) is 24.3 Å². The summed E-state index contributed by atoms with van der Waals surface area (Å²) in [6.45, 7) is 0. The van der Waals surface area contributed by atoms with Crippen LogP contribution in [0.4, 0.5) is 5.69 Å². The Kier molecular flexibility index (Phi) is 4.80. The van der Waals surface area contributed by atoms with Crippen molar-refractivity contribution in [2.24, 2.45) is 0 Å². The van der Waals surface area contributed by atoms with Crippen LogP contribution in [0.3, 0.4) is 0 Å². The van der Waals surface area contributed by atoms with Crippen LogP contribution in [-0.2, 0) is 9.84 Å². The molecule has 0 radical (unpaired) electrons. The highest BCUT2D eigenvalue weighted by Gasteiger charge is 2.24. The number of rotatable bonds is 6. The lowest BCUT2D eigenvalue weighted by molar-refractivity contribution is -0.387. The van der Waals surface area contributed by atoms with E-state index in [1.54, 1.807) is 0 Å². The fourth-order valence-electron chi connectivity index (χ4n) is 1.48. The Labute approximate surface area is 105 Å². The molecular weight excluding hydrogens is 256 g/mol. The number of hydrogen-bond donors (Lipinski definition) is 0. The molecule has 0 fully saturated rings. The number of unbranched alkanes of at least 4 members (excludes halogenated alkanes) is 2. The largest absolute Gasteiger partial charge is 0.287 e. The van der Waals surface area contributed by atoms with Gasteiger partial charge in [0.15, 0.2) is 9.84 Å². The topological polar surface area (TPSA) is 101 Å². The van der Waals surface area contributed by atoms with Crippen molar-refractivity contribution < 1.29 is 13.3 Å². The average molecular weight is 268 g/mol. The summed E-state index contributed by atoms with van der Waals surface area (Å²) in [7, 11) is -3.67. The molecule has 0 aliphatic rings. The molecule has 0 bridgehead atoms. The minimum absolute atomic E-state index is 0.181. The molecule has 1 aromatic carbocycles. The maximum Gasteiger partial charge on any atom is 0.287 e. The highest BCUT2D eigenvalue weighted by molar-refractivity contribution is 7.91. The fraction of sp³-hybridized carbons (Fsp3) is 0.364. The van der Waals surface area contributed by atoms with Crippen LogP contribution in [-0.4, -0.2) is 19.1 Å². The van der Waals surface area contributed by atoms with Gasteiger partial charge in [-0.05, 0) is 18.9 Å². The van der Waals surface area contributed by atoms with E-state index in [4.69, 9.17) is 5.26 Å². The van der Waals surface area contributed by atoms with Gasteiger partial charge in [-0.25, -0.2) is 8.42 Å². The van der Waals surface area contributed by atoms with Gasteiger partial charge in [-0.15, -0.1) is 0 Å². The van der Waals surface area contributed by atoms with Gasteiger partial charge in [-0.2, -0.15) is 5.26 Å². The number of nitrogens with zero attached hydrogens (tertiary/aromatic N) is 2. The van der Waals surface area contributed by atoms with E-state index in [-0.39, 0.29) is 17.1 Å². The molecule has 1 rings (SSSR count). The van der Waals surface area contributed by atoms with Gasteiger partial charge in [0.1, 0.15) is 4.90 Å². The van der Waals surface area contributed by atoms with E-state index >= 15 is 0 Å². The van der Waals surface area contributed by atoms with Gasteiger partial charge >= 0.3 is 0 Å². The molecule has 0 atom stereocenters. The lowest BCUT2D eigenvalue weighted by Gasteiger charge is -2.04. The van der Waals surface area contributed by atoms with Crippen molar-refractivity contribution in [3.8, 4) is 6.07 Å². The molecule has 1 aromatic rings. The minimum atomic E-state index is -3.67. The molecule has 0 amide bonds. The molecule has 0 saturated heterocycles. The molecule has 0 aliphatic carbocycles. The van der Waals surface area contributed by atoms with Crippen molar-refractivity contribution in [1.82, 2.24) is 0 Å². The number of benzene rings is 1. The van der Waals surface area contributed by atoms with Gasteiger partial charge < -0.3 is 0 Å². The zero-order valence-electron chi connectivity index (χ0n) is 9.57. The number of sulfone groups is 1. The Morgan fingerprint density at radius 1 is 1.28 bits per heavy atom. The standard InChI is InChI=1S/C11H12N2O4S/c12-8-4-1-5-9-18(16,17)11-7-3-2-6-10(11)13(14)15/h2-3,6-7H,1,4-5,9H2. The first kappa shape index (κ1) is 14.1. The molecule has 0 heterocycles. The van der Waals surface area contributed by atoms with Crippen LogP contribution in [0.5, 0.6) is 0 Å². The molecule has 96 valence electrons. The summed E-state index contributed by atoms with van der Waals surface area (Å²) in [5.41, 5.74) is -0.405. The third-order valence-corrected chi connectivity index (χ3v) is 4.19. The van der Waals surface area contributed by atoms with Crippen LogP contribution in [0.25, 0.3) is 0 Å². The zero-order chi connectivity index (χ0) is 13.6. The summed E-state index contributed by atoms with van der Waals surface area (Å²) in [5.74, 6) is -0.181. The molecule has 0 aromatic heterocycles. The summed E-state index contributed by atoms with van der Waals surface area (Å²) < 4.78 is 23.9. The summed E-state index contributed by atoms with van der Waals surface area (Å²) in [6.07, 6.45) is 1.07. The van der Waals surface area contributed by atoms with E-state index in [1.807, 2.05) is 6.07 Å². The third-order valence-electron chi connectivity index (χ3n) is 2.35. The van der Waals surface area contributed by atoms with Crippen molar-refractivity contribution in [1.29, 1.82) is 5.26 Å². The molecule has 0 unspecified atom stereocenters. The van der Waals surface area contributed by atoms with Crippen LogP contribution in [0, 0.1) is 21.4 Å². The van der Waals surface area contributed by atoms with Crippen molar-refractivity contribution in [3.63, 3.8) is 0 Å². The number of hydrogen-bond acceptors (Lipinski definition) is 5. The quantitative estimate of drug-likeness (QED) is 0.446. The molecular formula is C11H12N2O4S. The van der Waals surface area contributed by atoms with E-state index in [9.17, 15) is 18.5 Å². The van der Waals surface area contributed by atoms with Crippen LogP contribution < -0.4 is 0 Å². The maximum atomic E-state index is 11.9. The van der Waals surface area contributed by atoms with Gasteiger partial charge in [0.05, 0.1) is 16.7 Å². The Morgan fingerprint density at radius 3 is 2.56 bits per heavy atom. The van der Waals surface area contributed by atoms with Crippen molar-refractivity contribution >= 4 is 15.5 Å². The first-order valence-corrected chi connectivity index (χ1v) is 6.97. The van der Waals surface area contributed by atoms with E-state index in [0.717, 1.165) is 0 Å². The summed E-state index contributed by atoms with van der Waals surface area (Å²) in [5, 5.41) is 19.1. The van der Waals surface area contributed by atoms with E-state index in [0.29, 0.717) is 12.8 Å². The molecule has 0 spiro atoms. The lowest BCUT2D eigenvalue weighted by atomic mass is 10.3. The molecule has 7 heteroatoms. The Morgan fingerprint density at radius 2 is 1.94 bits per heavy atom. The fourth-order valence-corrected chi connectivity index (χ4v) is 3.03. The molecule has 18 heavy (non-hydrogen) atoms. The SMILES string of the molecule is N#CCCCCS(=O)(=O)c1ccccc1[N+](=O)[O-]. The van der Waals surface area contributed by atoms with Crippen LogP contribution in [0.2, 0.25) is 0 Å². The number of nitro benzene ring substituents is 1. The average Bonchev–Trinajstić information content (AvgIpc) is 2.35. The van der Waals surface area contributed by atoms with Gasteiger partial charge in [-0.3, -0.25) is 10.1 Å². The summed E-state index contributed by atoms with van der Waals surface area (Å²) in [6, 6.07) is 7.20. The van der Waals surface area contributed by atoms with Gasteiger partial charge in [0.2, 0.25) is 0 Å².